The van der Waals surface area contributed by atoms with Crippen LogP contribution in [-0.2, 0) is 13.1 Å². The standard InChI is InChI=1S/C31H47N/c1-2-3-4-5-6-7-8-9-10-11-12-13-14-15-22-27-32(28-30-23-18-16-19-24-30)29-31-25-20-17-21-26-31/h5-6,16-21,23-26H,2-4,7-15,22,27-29H2,1H3/b6-5+. The first-order valence-electron chi connectivity index (χ1n) is 13.3. The lowest BCUT2D eigenvalue weighted by molar-refractivity contribution is 0.250. The molecule has 0 unspecified atom stereocenters. The number of hydrogen-bond donors (Lipinski definition) is 0. The number of unbranched alkanes of at least 4 members (excludes halogenated alkanes) is 11. The van der Waals surface area contributed by atoms with Crippen molar-refractivity contribution in [3.05, 3.63) is 83.9 Å². The highest BCUT2D eigenvalue weighted by Gasteiger charge is 2.07. The molecule has 0 N–H and O–H groups in total. The summed E-state index contributed by atoms with van der Waals surface area (Å²) in [6.07, 6.45) is 22.5. The van der Waals surface area contributed by atoms with Crippen LogP contribution >= 0.6 is 0 Å². The van der Waals surface area contributed by atoms with E-state index in [1.54, 1.807) is 0 Å². The molecule has 1 heteroatoms. The van der Waals surface area contributed by atoms with Crippen LogP contribution in [-0.4, -0.2) is 11.4 Å². The van der Waals surface area contributed by atoms with Crippen molar-refractivity contribution in [1.82, 2.24) is 4.90 Å². The molecule has 0 radical (unpaired) electrons. The molecule has 0 aliphatic rings. The van der Waals surface area contributed by atoms with Gasteiger partial charge in [0, 0.05) is 13.1 Å². The van der Waals surface area contributed by atoms with Crippen molar-refractivity contribution in [3.63, 3.8) is 0 Å². The number of hydrogen-bond acceptors (Lipinski definition) is 1. The second-order valence-electron chi connectivity index (χ2n) is 9.27. The summed E-state index contributed by atoms with van der Waals surface area (Å²) in [4.78, 5) is 2.61. The van der Waals surface area contributed by atoms with Crippen molar-refractivity contribution in [1.29, 1.82) is 0 Å². The van der Waals surface area contributed by atoms with Gasteiger partial charge in [-0.05, 0) is 43.4 Å². The van der Waals surface area contributed by atoms with Gasteiger partial charge in [0.05, 0.1) is 0 Å². The second-order valence-corrected chi connectivity index (χ2v) is 9.27. The van der Waals surface area contributed by atoms with Gasteiger partial charge in [0.2, 0.25) is 0 Å². The molecule has 1 nitrogen and oxygen atoms in total. The van der Waals surface area contributed by atoms with E-state index in [1.807, 2.05) is 0 Å². The summed E-state index contributed by atoms with van der Waals surface area (Å²) in [5.74, 6) is 0. The van der Waals surface area contributed by atoms with Gasteiger partial charge in [-0.25, -0.2) is 0 Å². The van der Waals surface area contributed by atoms with Gasteiger partial charge in [-0.2, -0.15) is 0 Å². The van der Waals surface area contributed by atoms with Crippen molar-refractivity contribution in [2.45, 2.75) is 103 Å². The zero-order chi connectivity index (χ0) is 22.5. The number of nitrogens with zero attached hydrogens (tertiary/aromatic N) is 1. The number of allylic oxidation sites excluding steroid dienone is 2. The van der Waals surface area contributed by atoms with Crippen LogP contribution in [0, 0.1) is 0 Å². The summed E-state index contributed by atoms with van der Waals surface area (Å²) in [5.41, 5.74) is 2.83. The van der Waals surface area contributed by atoms with Crippen LogP contribution in [0.3, 0.4) is 0 Å². The maximum Gasteiger partial charge on any atom is 0.0237 e. The molecule has 0 aliphatic carbocycles. The minimum atomic E-state index is 1.05. The van der Waals surface area contributed by atoms with Crippen molar-refractivity contribution >= 4 is 0 Å². The van der Waals surface area contributed by atoms with Crippen molar-refractivity contribution in [2.24, 2.45) is 0 Å². The lowest BCUT2D eigenvalue weighted by Gasteiger charge is -2.22. The molecule has 32 heavy (non-hydrogen) atoms. The van der Waals surface area contributed by atoms with Crippen LogP contribution < -0.4 is 0 Å². The predicted octanol–water partition coefficient (Wildman–Crippen LogP) is 9.34. The topological polar surface area (TPSA) is 3.24 Å². The third kappa shape index (κ3) is 13.5. The fraction of sp³-hybridized carbons (Fsp3) is 0.548. The van der Waals surface area contributed by atoms with Gasteiger partial charge in [0.1, 0.15) is 0 Å². The summed E-state index contributed by atoms with van der Waals surface area (Å²) in [5, 5.41) is 0. The molecule has 0 atom stereocenters. The molecule has 2 aromatic rings. The van der Waals surface area contributed by atoms with Crippen LogP contribution in [0.5, 0.6) is 0 Å². The minimum Gasteiger partial charge on any atom is -0.295 e. The summed E-state index contributed by atoms with van der Waals surface area (Å²) < 4.78 is 0. The first kappa shape index (κ1) is 26.4. The van der Waals surface area contributed by atoms with Crippen LogP contribution in [0.2, 0.25) is 0 Å². The van der Waals surface area contributed by atoms with Crippen LogP contribution in [0.25, 0.3) is 0 Å². The Morgan fingerprint density at radius 1 is 0.531 bits per heavy atom. The highest BCUT2D eigenvalue weighted by molar-refractivity contribution is 5.17. The zero-order valence-corrected chi connectivity index (χ0v) is 20.7. The lowest BCUT2D eigenvalue weighted by atomic mass is 10.1. The van der Waals surface area contributed by atoms with Gasteiger partial charge in [0.25, 0.3) is 0 Å². The van der Waals surface area contributed by atoms with E-state index in [0.29, 0.717) is 0 Å². The van der Waals surface area contributed by atoms with Gasteiger partial charge in [-0.1, -0.05) is 138 Å². The molecule has 0 fully saturated rings. The molecular formula is C31H47N. The molecule has 0 aromatic heterocycles. The number of rotatable bonds is 19. The average Bonchev–Trinajstić information content (AvgIpc) is 2.83. The molecule has 2 aromatic carbocycles. The van der Waals surface area contributed by atoms with Crippen molar-refractivity contribution in [2.75, 3.05) is 6.54 Å². The monoisotopic (exact) mass is 433 g/mol. The largest absolute Gasteiger partial charge is 0.295 e. The predicted molar refractivity (Wildman–Crippen MR) is 142 cm³/mol. The molecule has 0 spiro atoms. The van der Waals surface area contributed by atoms with Crippen LogP contribution in [0.4, 0.5) is 0 Å². The normalized spacial score (nSPS) is 11.6. The van der Waals surface area contributed by atoms with E-state index in [1.165, 1.54) is 101 Å². The third-order valence-electron chi connectivity index (χ3n) is 6.23. The quantitative estimate of drug-likeness (QED) is 0.157. The summed E-state index contributed by atoms with van der Waals surface area (Å²) in [7, 11) is 0. The van der Waals surface area contributed by atoms with E-state index >= 15 is 0 Å². The fourth-order valence-electron chi connectivity index (χ4n) is 4.29. The Balaban J connectivity index is 1.51. The van der Waals surface area contributed by atoms with Gasteiger partial charge in [-0.15, -0.1) is 0 Å². The Kier molecular flexibility index (Phi) is 15.4. The zero-order valence-electron chi connectivity index (χ0n) is 20.7. The van der Waals surface area contributed by atoms with Gasteiger partial charge in [-0.3, -0.25) is 4.90 Å². The highest BCUT2D eigenvalue weighted by atomic mass is 15.1. The molecule has 0 aliphatic heterocycles. The van der Waals surface area contributed by atoms with E-state index in [0.717, 1.165) is 13.1 Å². The van der Waals surface area contributed by atoms with Gasteiger partial charge < -0.3 is 0 Å². The third-order valence-corrected chi connectivity index (χ3v) is 6.23. The molecule has 0 heterocycles. The van der Waals surface area contributed by atoms with Crippen molar-refractivity contribution in [3.8, 4) is 0 Å². The molecule has 176 valence electrons. The highest BCUT2D eigenvalue weighted by Crippen LogP contribution is 2.14. The molecule has 2 rings (SSSR count). The van der Waals surface area contributed by atoms with E-state index in [-0.39, 0.29) is 0 Å². The fourth-order valence-corrected chi connectivity index (χ4v) is 4.29. The summed E-state index contributed by atoms with van der Waals surface area (Å²) in [6.45, 7) is 5.54. The van der Waals surface area contributed by atoms with E-state index in [9.17, 15) is 0 Å². The van der Waals surface area contributed by atoms with Gasteiger partial charge >= 0.3 is 0 Å². The smallest absolute Gasteiger partial charge is 0.0237 e. The number of benzene rings is 2. The summed E-state index contributed by atoms with van der Waals surface area (Å²) >= 11 is 0. The second kappa shape index (κ2) is 18.7. The Morgan fingerprint density at radius 3 is 1.47 bits per heavy atom. The Labute approximate surface area is 198 Å². The Bertz CT molecular complexity index is 635. The minimum absolute atomic E-state index is 1.05. The van der Waals surface area contributed by atoms with Gasteiger partial charge in [0.15, 0.2) is 0 Å². The van der Waals surface area contributed by atoms with Crippen LogP contribution in [0.1, 0.15) is 102 Å². The molecular weight excluding hydrogens is 386 g/mol. The Morgan fingerprint density at radius 2 is 0.969 bits per heavy atom. The SMILES string of the molecule is CCCC/C=C/CCCCCCCCCCCN(Cc1ccccc1)Cc1ccccc1. The van der Waals surface area contributed by atoms with E-state index in [2.05, 4.69) is 84.6 Å². The maximum absolute atomic E-state index is 2.61. The molecule has 0 saturated heterocycles. The Hall–Kier alpha value is -1.86. The summed E-state index contributed by atoms with van der Waals surface area (Å²) in [6, 6.07) is 21.8. The van der Waals surface area contributed by atoms with Crippen molar-refractivity contribution < 1.29 is 0 Å². The molecule has 0 bridgehead atoms. The first-order valence-corrected chi connectivity index (χ1v) is 13.3. The molecule has 0 saturated carbocycles. The average molecular weight is 434 g/mol. The maximum atomic E-state index is 2.61. The lowest BCUT2D eigenvalue weighted by Crippen LogP contribution is -2.24. The molecule has 0 amide bonds. The first-order chi connectivity index (χ1) is 15.9. The van der Waals surface area contributed by atoms with E-state index < -0.39 is 0 Å². The van der Waals surface area contributed by atoms with E-state index in [4.69, 9.17) is 0 Å². The van der Waals surface area contributed by atoms with Crippen LogP contribution in [0.15, 0.2) is 72.8 Å².